The maximum absolute atomic E-state index is 11.9. The Morgan fingerprint density at radius 1 is 1.56 bits per heavy atom. The summed E-state index contributed by atoms with van der Waals surface area (Å²) in [4.78, 5) is 26.1. The van der Waals surface area contributed by atoms with Crippen LogP contribution < -0.4 is 4.87 Å². The summed E-state index contributed by atoms with van der Waals surface area (Å²) in [6, 6.07) is 1.75. The van der Waals surface area contributed by atoms with Crippen molar-refractivity contribution in [3.8, 4) is 0 Å². The number of thiazole rings is 1. The third-order valence-electron chi connectivity index (χ3n) is 2.27. The number of aryl methyl sites for hydroxylation is 1. The Kier molecular flexibility index (Phi) is 3.05. The molecule has 16 heavy (non-hydrogen) atoms. The van der Waals surface area contributed by atoms with Gasteiger partial charge in [-0.3, -0.25) is 9.59 Å². The molecule has 0 aliphatic carbocycles. The summed E-state index contributed by atoms with van der Waals surface area (Å²) in [7, 11) is 0. The van der Waals surface area contributed by atoms with Gasteiger partial charge in [0.2, 0.25) is 0 Å². The zero-order valence-electron chi connectivity index (χ0n) is 8.78. The van der Waals surface area contributed by atoms with Gasteiger partial charge in [0.1, 0.15) is 0 Å². The standard InChI is InChI=1S/C11H11NO3S/c1-2-8-10(16-11(14)12-8)9(13)5-7-3-4-15-6-7/h3-4,6H,2,5H2,1H3,(H,12,14). The van der Waals surface area contributed by atoms with E-state index in [0.29, 0.717) is 11.3 Å². The number of carbonyl (C=O) groups excluding carboxylic acids is 1. The fourth-order valence-electron chi connectivity index (χ4n) is 1.49. The van der Waals surface area contributed by atoms with E-state index in [1.54, 1.807) is 12.3 Å². The van der Waals surface area contributed by atoms with Crippen LogP contribution in [0.25, 0.3) is 0 Å². The third kappa shape index (κ3) is 2.14. The van der Waals surface area contributed by atoms with E-state index in [9.17, 15) is 9.59 Å². The van der Waals surface area contributed by atoms with Crippen molar-refractivity contribution in [3.63, 3.8) is 0 Å². The third-order valence-corrected chi connectivity index (χ3v) is 3.24. The molecule has 0 bridgehead atoms. The van der Waals surface area contributed by atoms with Gasteiger partial charge >= 0.3 is 4.87 Å². The van der Waals surface area contributed by atoms with Crippen molar-refractivity contribution < 1.29 is 9.21 Å². The van der Waals surface area contributed by atoms with Crippen LogP contribution in [-0.2, 0) is 12.8 Å². The molecular weight excluding hydrogens is 226 g/mol. The number of ketones is 1. The second kappa shape index (κ2) is 4.49. The molecular formula is C11H11NO3S. The summed E-state index contributed by atoms with van der Waals surface area (Å²) in [5.41, 5.74) is 1.55. The number of hydrogen-bond acceptors (Lipinski definition) is 4. The van der Waals surface area contributed by atoms with Crippen LogP contribution >= 0.6 is 11.3 Å². The van der Waals surface area contributed by atoms with Crippen LogP contribution in [0.15, 0.2) is 27.8 Å². The van der Waals surface area contributed by atoms with E-state index in [0.717, 1.165) is 22.6 Å². The number of H-pyrrole nitrogens is 1. The molecule has 2 aromatic rings. The van der Waals surface area contributed by atoms with E-state index < -0.39 is 0 Å². The topological polar surface area (TPSA) is 63.1 Å². The molecule has 0 aliphatic heterocycles. The van der Waals surface area contributed by atoms with Gasteiger partial charge < -0.3 is 9.40 Å². The van der Waals surface area contributed by atoms with E-state index in [1.165, 1.54) is 6.26 Å². The molecule has 0 fully saturated rings. The van der Waals surface area contributed by atoms with Crippen molar-refractivity contribution >= 4 is 17.1 Å². The quantitative estimate of drug-likeness (QED) is 0.827. The number of carbonyl (C=O) groups is 1. The van der Waals surface area contributed by atoms with Gasteiger partial charge in [-0.25, -0.2) is 0 Å². The molecule has 2 aromatic heterocycles. The zero-order valence-corrected chi connectivity index (χ0v) is 9.60. The van der Waals surface area contributed by atoms with Crippen molar-refractivity contribution in [1.82, 2.24) is 4.98 Å². The number of furan rings is 1. The highest BCUT2D eigenvalue weighted by Crippen LogP contribution is 2.14. The first kappa shape index (κ1) is 10.9. The van der Waals surface area contributed by atoms with Crippen molar-refractivity contribution in [2.75, 3.05) is 0 Å². The van der Waals surface area contributed by atoms with Crippen molar-refractivity contribution in [2.24, 2.45) is 0 Å². The van der Waals surface area contributed by atoms with Gasteiger partial charge in [0.15, 0.2) is 5.78 Å². The average molecular weight is 237 g/mol. The summed E-state index contributed by atoms with van der Waals surface area (Å²) in [5.74, 6) is -0.0402. The van der Waals surface area contributed by atoms with Gasteiger partial charge in [-0.2, -0.15) is 0 Å². The number of Topliss-reactive ketones (excluding diaryl/α,β-unsaturated/α-hetero) is 1. The normalized spacial score (nSPS) is 10.6. The van der Waals surface area contributed by atoms with Gasteiger partial charge in [-0.1, -0.05) is 18.3 Å². The van der Waals surface area contributed by atoms with Crippen LogP contribution in [0.4, 0.5) is 0 Å². The molecule has 0 saturated carbocycles. The van der Waals surface area contributed by atoms with Crippen LogP contribution in [0.3, 0.4) is 0 Å². The van der Waals surface area contributed by atoms with Gasteiger partial charge in [-0.05, 0) is 18.1 Å². The smallest absolute Gasteiger partial charge is 0.305 e. The largest absolute Gasteiger partial charge is 0.472 e. The highest BCUT2D eigenvalue weighted by atomic mass is 32.1. The molecule has 0 amide bonds. The number of hydrogen-bond donors (Lipinski definition) is 1. The van der Waals surface area contributed by atoms with Gasteiger partial charge in [0.25, 0.3) is 0 Å². The molecule has 0 unspecified atom stereocenters. The molecule has 0 radical (unpaired) electrons. The molecule has 0 spiro atoms. The Hall–Kier alpha value is -1.62. The minimum atomic E-state index is -0.174. The second-order valence-corrected chi connectivity index (χ2v) is 4.39. The Morgan fingerprint density at radius 3 is 3.00 bits per heavy atom. The lowest BCUT2D eigenvalue weighted by molar-refractivity contribution is 0.0995. The van der Waals surface area contributed by atoms with Crippen LogP contribution in [0, 0.1) is 0 Å². The lowest BCUT2D eigenvalue weighted by Gasteiger charge is -1.97. The molecule has 2 rings (SSSR count). The number of rotatable bonds is 4. The fraction of sp³-hybridized carbons (Fsp3) is 0.273. The van der Waals surface area contributed by atoms with E-state index in [-0.39, 0.29) is 17.1 Å². The first-order chi connectivity index (χ1) is 7.70. The van der Waals surface area contributed by atoms with Crippen LogP contribution in [0.5, 0.6) is 0 Å². The van der Waals surface area contributed by atoms with E-state index in [1.807, 2.05) is 6.92 Å². The highest BCUT2D eigenvalue weighted by molar-refractivity contribution is 7.11. The lowest BCUT2D eigenvalue weighted by atomic mass is 10.1. The molecule has 0 atom stereocenters. The highest BCUT2D eigenvalue weighted by Gasteiger charge is 2.15. The second-order valence-electron chi connectivity index (χ2n) is 3.41. The lowest BCUT2D eigenvalue weighted by Crippen LogP contribution is -2.03. The number of aromatic nitrogens is 1. The van der Waals surface area contributed by atoms with E-state index in [4.69, 9.17) is 4.42 Å². The van der Waals surface area contributed by atoms with Crippen LogP contribution in [-0.4, -0.2) is 10.8 Å². The summed E-state index contributed by atoms with van der Waals surface area (Å²) >= 11 is 0.978. The maximum Gasteiger partial charge on any atom is 0.305 e. The molecule has 0 aliphatic rings. The summed E-state index contributed by atoms with van der Waals surface area (Å²) < 4.78 is 4.89. The number of nitrogens with one attached hydrogen (secondary N) is 1. The molecule has 2 heterocycles. The Balaban J connectivity index is 2.23. The Bertz CT molecular complexity index is 536. The van der Waals surface area contributed by atoms with E-state index >= 15 is 0 Å². The first-order valence-corrected chi connectivity index (χ1v) is 5.78. The summed E-state index contributed by atoms with van der Waals surface area (Å²) in [6.45, 7) is 1.91. The van der Waals surface area contributed by atoms with Gasteiger partial charge in [0, 0.05) is 12.1 Å². The number of aromatic amines is 1. The summed E-state index contributed by atoms with van der Waals surface area (Å²) in [6.07, 6.45) is 4.00. The minimum Gasteiger partial charge on any atom is -0.472 e. The van der Waals surface area contributed by atoms with E-state index in [2.05, 4.69) is 4.98 Å². The Labute approximate surface area is 95.9 Å². The molecule has 4 nitrogen and oxygen atoms in total. The van der Waals surface area contributed by atoms with Crippen molar-refractivity contribution in [2.45, 2.75) is 19.8 Å². The SMILES string of the molecule is CCc1[nH]c(=O)sc1C(=O)Cc1ccoc1. The molecule has 1 N–H and O–H groups in total. The van der Waals surface area contributed by atoms with Crippen LogP contribution in [0.1, 0.15) is 27.9 Å². The predicted molar refractivity (Wildman–Crippen MR) is 61.1 cm³/mol. The summed E-state index contributed by atoms with van der Waals surface area (Å²) in [5, 5.41) is 0. The monoisotopic (exact) mass is 237 g/mol. The fourth-order valence-corrected chi connectivity index (χ4v) is 2.36. The Morgan fingerprint density at radius 2 is 2.38 bits per heavy atom. The average Bonchev–Trinajstić information content (AvgIpc) is 2.86. The molecule has 84 valence electrons. The molecule has 0 aromatic carbocycles. The maximum atomic E-state index is 11.9. The zero-order chi connectivity index (χ0) is 11.5. The predicted octanol–water partition coefficient (Wildman–Crippen LogP) is 2.02. The van der Waals surface area contributed by atoms with Crippen molar-refractivity contribution in [1.29, 1.82) is 0 Å². The van der Waals surface area contributed by atoms with Crippen LogP contribution in [0.2, 0.25) is 0 Å². The van der Waals surface area contributed by atoms with Crippen molar-refractivity contribution in [3.05, 3.63) is 44.4 Å². The first-order valence-electron chi connectivity index (χ1n) is 4.97. The molecule has 5 heteroatoms. The molecule has 0 saturated heterocycles. The van der Waals surface area contributed by atoms with Gasteiger partial charge in [0.05, 0.1) is 17.4 Å². The van der Waals surface area contributed by atoms with Gasteiger partial charge in [-0.15, -0.1) is 0 Å². The minimum absolute atomic E-state index is 0.0402.